The topological polar surface area (TPSA) is 47.0 Å². The molecule has 90 valence electrons. The number of aromatic nitrogens is 2. The lowest BCUT2D eigenvalue weighted by molar-refractivity contribution is 0.181. The van der Waals surface area contributed by atoms with Crippen molar-refractivity contribution in [1.82, 2.24) is 9.97 Å². The third-order valence-corrected chi connectivity index (χ3v) is 2.07. The van der Waals surface area contributed by atoms with Gasteiger partial charge >= 0.3 is 0 Å². The molecule has 1 rings (SSSR count). The minimum atomic E-state index is 0.534. The standard InChI is InChI=1S/C12H21N3O/c1-5-13-11-7-10(8-16-4)14-12(15-11)6-9(2)3/h7,9H,5-6,8H2,1-4H3,(H,13,14,15). The van der Waals surface area contributed by atoms with Crippen LogP contribution >= 0.6 is 0 Å². The van der Waals surface area contributed by atoms with E-state index >= 15 is 0 Å². The van der Waals surface area contributed by atoms with Gasteiger partial charge in [-0.3, -0.25) is 0 Å². The monoisotopic (exact) mass is 223 g/mol. The first-order valence-corrected chi connectivity index (χ1v) is 5.75. The fourth-order valence-corrected chi connectivity index (χ4v) is 1.50. The Kier molecular flexibility index (Phi) is 5.19. The van der Waals surface area contributed by atoms with Crippen molar-refractivity contribution in [2.45, 2.75) is 33.8 Å². The maximum atomic E-state index is 5.10. The Labute approximate surface area is 97.5 Å². The third kappa shape index (κ3) is 4.14. The minimum absolute atomic E-state index is 0.534. The number of hydrogen-bond acceptors (Lipinski definition) is 4. The van der Waals surface area contributed by atoms with Gasteiger partial charge in [-0.05, 0) is 12.8 Å². The molecule has 0 saturated carbocycles. The van der Waals surface area contributed by atoms with Crippen molar-refractivity contribution in [3.8, 4) is 0 Å². The van der Waals surface area contributed by atoms with E-state index in [4.69, 9.17) is 4.74 Å². The van der Waals surface area contributed by atoms with Gasteiger partial charge < -0.3 is 10.1 Å². The lowest BCUT2D eigenvalue weighted by atomic mass is 10.1. The predicted octanol–water partition coefficient (Wildman–Crippen LogP) is 2.25. The number of hydrogen-bond donors (Lipinski definition) is 1. The Morgan fingerprint density at radius 3 is 2.69 bits per heavy atom. The molecule has 1 heterocycles. The van der Waals surface area contributed by atoms with Crippen molar-refractivity contribution in [2.75, 3.05) is 19.0 Å². The SMILES string of the molecule is CCNc1cc(COC)nc(CC(C)C)n1. The molecule has 0 aliphatic carbocycles. The number of ether oxygens (including phenoxy) is 1. The number of methoxy groups -OCH3 is 1. The molecule has 0 saturated heterocycles. The summed E-state index contributed by atoms with van der Waals surface area (Å²) in [5.41, 5.74) is 0.934. The average Bonchev–Trinajstić information content (AvgIpc) is 2.17. The van der Waals surface area contributed by atoms with Gasteiger partial charge in [0.2, 0.25) is 0 Å². The molecule has 1 aromatic rings. The quantitative estimate of drug-likeness (QED) is 0.803. The van der Waals surface area contributed by atoms with Gasteiger partial charge in [-0.2, -0.15) is 0 Å². The van der Waals surface area contributed by atoms with Crippen molar-refractivity contribution < 1.29 is 4.74 Å². The lowest BCUT2D eigenvalue weighted by Gasteiger charge is -2.09. The van der Waals surface area contributed by atoms with E-state index in [1.54, 1.807) is 7.11 Å². The Balaban J connectivity index is 2.88. The van der Waals surface area contributed by atoms with Crippen molar-refractivity contribution in [1.29, 1.82) is 0 Å². The first-order chi connectivity index (χ1) is 7.65. The minimum Gasteiger partial charge on any atom is -0.378 e. The zero-order valence-corrected chi connectivity index (χ0v) is 10.6. The number of rotatable bonds is 6. The Morgan fingerprint density at radius 2 is 2.12 bits per heavy atom. The van der Waals surface area contributed by atoms with Gasteiger partial charge in [0.25, 0.3) is 0 Å². The Hall–Kier alpha value is -1.16. The summed E-state index contributed by atoms with van der Waals surface area (Å²) in [6, 6.07) is 1.94. The van der Waals surface area contributed by atoms with Gasteiger partial charge in [0.15, 0.2) is 0 Å². The van der Waals surface area contributed by atoms with Crippen LogP contribution in [0.1, 0.15) is 32.3 Å². The van der Waals surface area contributed by atoms with Crippen LogP contribution in [0.2, 0.25) is 0 Å². The summed E-state index contributed by atoms with van der Waals surface area (Å²) < 4.78 is 5.10. The molecule has 16 heavy (non-hydrogen) atoms. The highest BCUT2D eigenvalue weighted by Gasteiger charge is 2.06. The van der Waals surface area contributed by atoms with Gasteiger partial charge in [0.1, 0.15) is 11.6 Å². The average molecular weight is 223 g/mol. The van der Waals surface area contributed by atoms with Crippen LogP contribution in [-0.2, 0) is 17.8 Å². The molecule has 0 amide bonds. The van der Waals surface area contributed by atoms with Gasteiger partial charge in [0.05, 0.1) is 12.3 Å². The van der Waals surface area contributed by atoms with Gasteiger partial charge in [-0.1, -0.05) is 13.8 Å². The molecule has 1 aromatic heterocycles. The third-order valence-electron chi connectivity index (χ3n) is 2.07. The first-order valence-electron chi connectivity index (χ1n) is 5.75. The maximum Gasteiger partial charge on any atom is 0.131 e. The van der Waals surface area contributed by atoms with E-state index < -0.39 is 0 Å². The zero-order valence-electron chi connectivity index (χ0n) is 10.6. The number of nitrogens with one attached hydrogen (secondary N) is 1. The highest BCUT2D eigenvalue weighted by molar-refractivity contribution is 5.35. The van der Waals surface area contributed by atoms with E-state index in [2.05, 4.69) is 36.1 Å². The van der Waals surface area contributed by atoms with Crippen LogP contribution in [0.25, 0.3) is 0 Å². The predicted molar refractivity (Wildman–Crippen MR) is 65.5 cm³/mol. The summed E-state index contributed by atoms with van der Waals surface area (Å²) in [6.45, 7) is 7.79. The molecular weight excluding hydrogens is 202 g/mol. The molecule has 0 atom stereocenters. The molecule has 0 fully saturated rings. The van der Waals surface area contributed by atoms with Gasteiger partial charge in [-0.25, -0.2) is 9.97 Å². The van der Waals surface area contributed by atoms with E-state index in [9.17, 15) is 0 Å². The van der Waals surface area contributed by atoms with E-state index in [0.717, 1.165) is 30.3 Å². The second kappa shape index (κ2) is 6.43. The Morgan fingerprint density at radius 1 is 1.38 bits per heavy atom. The zero-order chi connectivity index (χ0) is 12.0. The van der Waals surface area contributed by atoms with Gasteiger partial charge in [0, 0.05) is 26.1 Å². The molecule has 0 aliphatic heterocycles. The summed E-state index contributed by atoms with van der Waals surface area (Å²) in [7, 11) is 1.68. The highest BCUT2D eigenvalue weighted by Crippen LogP contribution is 2.10. The molecule has 0 spiro atoms. The summed E-state index contributed by atoms with van der Waals surface area (Å²) in [6.07, 6.45) is 0.899. The van der Waals surface area contributed by atoms with Crippen molar-refractivity contribution in [3.05, 3.63) is 17.6 Å². The summed E-state index contributed by atoms with van der Waals surface area (Å²) >= 11 is 0. The maximum absolute atomic E-state index is 5.10. The fraction of sp³-hybridized carbons (Fsp3) is 0.667. The van der Waals surface area contributed by atoms with Crippen molar-refractivity contribution in [2.24, 2.45) is 5.92 Å². The van der Waals surface area contributed by atoms with Gasteiger partial charge in [-0.15, -0.1) is 0 Å². The summed E-state index contributed by atoms with van der Waals surface area (Å²) in [5.74, 6) is 2.34. The molecular formula is C12H21N3O. The molecule has 0 radical (unpaired) electrons. The molecule has 0 unspecified atom stereocenters. The van der Waals surface area contributed by atoms with Crippen LogP contribution < -0.4 is 5.32 Å². The van der Waals surface area contributed by atoms with E-state index in [1.165, 1.54) is 0 Å². The van der Waals surface area contributed by atoms with Crippen molar-refractivity contribution >= 4 is 5.82 Å². The molecule has 4 nitrogen and oxygen atoms in total. The van der Waals surface area contributed by atoms with E-state index in [1.807, 2.05) is 6.07 Å². The van der Waals surface area contributed by atoms with Crippen LogP contribution in [0, 0.1) is 5.92 Å². The summed E-state index contributed by atoms with van der Waals surface area (Å²) in [5, 5.41) is 3.21. The first kappa shape index (κ1) is 12.9. The van der Waals surface area contributed by atoms with Crippen molar-refractivity contribution in [3.63, 3.8) is 0 Å². The molecule has 4 heteroatoms. The van der Waals surface area contributed by atoms with Crippen LogP contribution in [0.5, 0.6) is 0 Å². The normalized spacial score (nSPS) is 10.8. The van der Waals surface area contributed by atoms with Crippen LogP contribution in [-0.4, -0.2) is 23.6 Å². The second-order valence-corrected chi connectivity index (χ2v) is 4.22. The lowest BCUT2D eigenvalue weighted by Crippen LogP contribution is -2.08. The van der Waals surface area contributed by atoms with E-state index in [0.29, 0.717) is 12.5 Å². The molecule has 0 aromatic carbocycles. The molecule has 1 N–H and O–H groups in total. The van der Waals surface area contributed by atoms with E-state index in [-0.39, 0.29) is 0 Å². The second-order valence-electron chi connectivity index (χ2n) is 4.22. The molecule has 0 aliphatic rings. The highest BCUT2D eigenvalue weighted by atomic mass is 16.5. The smallest absolute Gasteiger partial charge is 0.131 e. The summed E-state index contributed by atoms with van der Waals surface area (Å²) in [4.78, 5) is 8.94. The number of nitrogens with zero attached hydrogens (tertiary/aromatic N) is 2. The molecule has 0 bridgehead atoms. The number of anilines is 1. The Bertz CT molecular complexity index is 302. The van der Waals surface area contributed by atoms with Crippen LogP contribution in [0.4, 0.5) is 5.82 Å². The fourth-order valence-electron chi connectivity index (χ4n) is 1.50. The van der Waals surface area contributed by atoms with Crippen LogP contribution in [0.15, 0.2) is 6.07 Å². The largest absolute Gasteiger partial charge is 0.378 e. The van der Waals surface area contributed by atoms with Crippen LogP contribution in [0.3, 0.4) is 0 Å².